The maximum absolute atomic E-state index is 12.5. The lowest BCUT2D eigenvalue weighted by molar-refractivity contribution is -0.145. The number of carbonyl (C=O) groups is 1. The summed E-state index contributed by atoms with van der Waals surface area (Å²) in [5.74, 6) is -0.267. The lowest BCUT2D eigenvalue weighted by Crippen LogP contribution is -2.36. The molecule has 9 heteroatoms. The van der Waals surface area contributed by atoms with E-state index in [0.717, 1.165) is 11.3 Å². The molecule has 3 rings (SSSR count). The minimum atomic E-state index is -0.704. The maximum Gasteiger partial charge on any atom is 0.321 e. The molecule has 0 saturated heterocycles. The smallest absolute Gasteiger partial charge is 0.321 e. The third-order valence-electron chi connectivity index (χ3n) is 4.68. The molecule has 0 aliphatic carbocycles. The van der Waals surface area contributed by atoms with Crippen molar-refractivity contribution < 1.29 is 9.53 Å². The van der Waals surface area contributed by atoms with Gasteiger partial charge >= 0.3 is 5.97 Å². The van der Waals surface area contributed by atoms with E-state index in [1.807, 2.05) is 37.4 Å². The van der Waals surface area contributed by atoms with Crippen molar-refractivity contribution in [1.82, 2.24) is 24.5 Å². The van der Waals surface area contributed by atoms with Gasteiger partial charge in [0.1, 0.15) is 4.75 Å². The van der Waals surface area contributed by atoms with Gasteiger partial charge in [-0.3, -0.25) is 14.2 Å². The molecule has 1 atom stereocenters. The number of ether oxygens (including phenoxy) is 1. The summed E-state index contributed by atoms with van der Waals surface area (Å²) < 4.78 is 5.97. The Morgan fingerprint density at radius 3 is 2.48 bits per heavy atom. The first-order valence-electron chi connectivity index (χ1n) is 9.23. The van der Waals surface area contributed by atoms with Gasteiger partial charge in [-0.25, -0.2) is 4.98 Å². The summed E-state index contributed by atoms with van der Waals surface area (Å²) >= 11 is 1.42. The lowest BCUT2D eigenvalue weighted by Gasteiger charge is -2.25. The zero-order valence-electron chi connectivity index (χ0n) is 16.6. The van der Waals surface area contributed by atoms with Crippen LogP contribution in [0.15, 0.2) is 53.8 Å². The number of hydrogen-bond donors (Lipinski definition) is 0. The van der Waals surface area contributed by atoms with Gasteiger partial charge in [0.25, 0.3) is 5.56 Å². The quantitative estimate of drug-likeness (QED) is 0.524. The highest BCUT2D eigenvalue weighted by Crippen LogP contribution is 2.28. The van der Waals surface area contributed by atoms with Crippen molar-refractivity contribution in [1.29, 1.82) is 0 Å². The Hall–Kier alpha value is -2.94. The Balaban J connectivity index is 1.73. The second-order valence-electron chi connectivity index (χ2n) is 6.58. The van der Waals surface area contributed by atoms with E-state index in [9.17, 15) is 9.59 Å². The first kappa shape index (κ1) is 20.8. The van der Waals surface area contributed by atoms with Crippen molar-refractivity contribution in [3.63, 3.8) is 0 Å². The number of rotatable bonds is 8. The van der Waals surface area contributed by atoms with Gasteiger partial charge in [-0.05, 0) is 38.7 Å². The van der Waals surface area contributed by atoms with E-state index in [2.05, 4.69) is 15.2 Å². The molecular formula is C20H23N5O3S. The summed E-state index contributed by atoms with van der Waals surface area (Å²) in [6.45, 7) is 4.33. The number of thioether (sulfide) groups is 1. The summed E-state index contributed by atoms with van der Waals surface area (Å²) in [6, 6.07) is 8.98. The average Bonchev–Trinajstić information content (AvgIpc) is 3.28. The van der Waals surface area contributed by atoms with Crippen LogP contribution in [0.3, 0.4) is 0 Å². The largest absolute Gasteiger partial charge is 0.465 e. The minimum absolute atomic E-state index is 0.167. The summed E-state index contributed by atoms with van der Waals surface area (Å²) in [5, 5.41) is 8.18. The van der Waals surface area contributed by atoms with Gasteiger partial charge in [0.2, 0.25) is 0 Å². The lowest BCUT2D eigenvalue weighted by atomic mass is 10.1. The Morgan fingerprint density at radius 1 is 1.21 bits per heavy atom. The number of aryl methyl sites for hydroxylation is 1. The van der Waals surface area contributed by atoms with Crippen LogP contribution in [0, 0.1) is 0 Å². The van der Waals surface area contributed by atoms with Crippen molar-refractivity contribution in [2.24, 2.45) is 0 Å². The topological polar surface area (TPSA) is 91.9 Å². The number of aromatic nitrogens is 5. The molecule has 29 heavy (non-hydrogen) atoms. The van der Waals surface area contributed by atoms with E-state index < -0.39 is 4.75 Å². The molecule has 152 valence electrons. The van der Waals surface area contributed by atoms with E-state index in [4.69, 9.17) is 4.74 Å². The molecule has 0 aliphatic heterocycles. The fourth-order valence-electron chi connectivity index (χ4n) is 2.77. The Labute approximate surface area is 172 Å². The number of esters is 1. The van der Waals surface area contributed by atoms with Crippen LogP contribution in [0.2, 0.25) is 0 Å². The van der Waals surface area contributed by atoms with Crippen molar-refractivity contribution >= 4 is 17.7 Å². The van der Waals surface area contributed by atoms with Crippen LogP contribution in [-0.4, -0.2) is 48.1 Å². The SMILES string of the molecule is CCOC(=O)[C@@](C)(CCn1cnc(-c2ccc(-n3nccn3)cc2)cc1=O)SC. The van der Waals surface area contributed by atoms with Crippen LogP contribution in [-0.2, 0) is 16.1 Å². The van der Waals surface area contributed by atoms with Crippen LogP contribution < -0.4 is 5.56 Å². The normalized spacial score (nSPS) is 13.1. The molecule has 0 bridgehead atoms. The average molecular weight is 414 g/mol. The van der Waals surface area contributed by atoms with Gasteiger partial charge in [0.15, 0.2) is 0 Å². The fraction of sp³-hybridized carbons (Fsp3) is 0.350. The molecule has 0 fully saturated rings. The van der Waals surface area contributed by atoms with Gasteiger partial charge < -0.3 is 4.74 Å². The van der Waals surface area contributed by atoms with Crippen molar-refractivity contribution in [2.45, 2.75) is 31.6 Å². The standard InChI is InChI=1S/C20H23N5O3S/c1-4-28-19(27)20(2,29-3)9-12-24-14-21-17(13-18(24)26)15-5-7-16(8-6-15)25-22-10-11-23-25/h5-8,10-11,13-14H,4,9,12H2,1-3H3/t20-/m1/s1. The molecule has 0 saturated carbocycles. The molecule has 0 amide bonds. The molecule has 2 aromatic heterocycles. The van der Waals surface area contributed by atoms with Gasteiger partial charge in [0.05, 0.1) is 36.7 Å². The maximum atomic E-state index is 12.5. The van der Waals surface area contributed by atoms with Gasteiger partial charge in [-0.15, -0.1) is 11.8 Å². The first-order chi connectivity index (χ1) is 14.0. The molecule has 0 aliphatic rings. The van der Waals surface area contributed by atoms with Crippen LogP contribution in [0.4, 0.5) is 0 Å². The second kappa shape index (κ2) is 9.04. The van der Waals surface area contributed by atoms with Gasteiger partial charge in [-0.1, -0.05) is 12.1 Å². The van der Waals surface area contributed by atoms with E-state index in [1.54, 1.807) is 19.3 Å². The van der Waals surface area contributed by atoms with Crippen LogP contribution in [0.5, 0.6) is 0 Å². The predicted molar refractivity (Wildman–Crippen MR) is 112 cm³/mol. The Kier molecular flexibility index (Phi) is 6.48. The third kappa shape index (κ3) is 4.73. The number of benzene rings is 1. The Morgan fingerprint density at radius 2 is 1.90 bits per heavy atom. The first-order valence-corrected chi connectivity index (χ1v) is 10.5. The fourth-order valence-corrected chi connectivity index (χ4v) is 3.29. The summed E-state index contributed by atoms with van der Waals surface area (Å²) in [5.41, 5.74) is 2.07. The van der Waals surface area contributed by atoms with E-state index >= 15 is 0 Å². The highest BCUT2D eigenvalue weighted by Gasteiger charge is 2.33. The monoisotopic (exact) mass is 413 g/mol. The van der Waals surface area contributed by atoms with Crippen molar-refractivity contribution in [3.05, 3.63) is 59.4 Å². The van der Waals surface area contributed by atoms with Gasteiger partial charge in [0, 0.05) is 18.2 Å². The van der Waals surface area contributed by atoms with Crippen LogP contribution in [0.1, 0.15) is 20.3 Å². The molecule has 0 N–H and O–H groups in total. The molecule has 3 aromatic rings. The molecule has 0 spiro atoms. The van der Waals surface area contributed by atoms with E-state index in [0.29, 0.717) is 25.3 Å². The van der Waals surface area contributed by atoms with E-state index in [1.165, 1.54) is 33.5 Å². The van der Waals surface area contributed by atoms with Crippen LogP contribution >= 0.6 is 11.8 Å². The number of carbonyl (C=O) groups excluding carboxylic acids is 1. The molecule has 2 heterocycles. The minimum Gasteiger partial charge on any atom is -0.465 e. The Bertz CT molecular complexity index is 1020. The number of nitrogens with zero attached hydrogens (tertiary/aromatic N) is 5. The molecule has 0 unspecified atom stereocenters. The van der Waals surface area contributed by atoms with Crippen molar-refractivity contribution in [3.8, 4) is 16.9 Å². The highest BCUT2D eigenvalue weighted by atomic mass is 32.2. The third-order valence-corrected chi connectivity index (χ3v) is 5.95. The van der Waals surface area contributed by atoms with E-state index in [-0.39, 0.29) is 11.5 Å². The molecule has 1 aromatic carbocycles. The predicted octanol–water partition coefficient (Wildman–Crippen LogP) is 2.57. The van der Waals surface area contributed by atoms with Crippen LogP contribution in [0.25, 0.3) is 16.9 Å². The van der Waals surface area contributed by atoms with Crippen molar-refractivity contribution in [2.75, 3.05) is 12.9 Å². The second-order valence-corrected chi connectivity index (χ2v) is 7.89. The number of hydrogen-bond acceptors (Lipinski definition) is 7. The summed E-state index contributed by atoms with van der Waals surface area (Å²) in [6.07, 6.45) is 7.08. The van der Waals surface area contributed by atoms with Gasteiger partial charge in [-0.2, -0.15) is 15.0 Å². The highest BCUT2D eigenvalue weighted by molar-refractivity contribution is 8.00. The molecule has 0 radical (unpaired) electrons. The zero-order chi connectivity index (χ0) is 20.9. The summed E-state index contributed by atoms with van der Waals surface area (Å²) in [7, 11) is 0. The zero-order valence-corrected chi connectivity index (χ0v) is 17.4. The molecule has 8 nitrogen and oxygen atoms in total. The molecular weight excluding hydrogens is 390 g/mol. The summed E-state index contributed by atoms with van der Waals surface area (Å²) in [4.78, 5) is 30.7.